The number of anilines is 2. The molecule has 1 aromatic heterocycles. The van der Waals surface area contributed by atoms with Crippen LogP contribution in [0.25, 0.3) is 10.9 Å². The summed E-state index contributed by atoms with van der Waals surface area (Å²) < 4.78 is 0. The molecule has 1 heterocycles. The van der Waals surface area contributed by atoms with Crippen molar-refractivity contribution in [2.45, 2.75) is 32.2 Å². The molecule has 1 saturated carbocycles. The number of nitrogens with one attached hydrogen (secondary N) is 1. The van der Waals surface area contributed by atoms with Crippen LogP contribution in [0.3, 0.4) is 0 Å². The molecule has 1 unspecified atom stereocenters. The van der Waals surface area contributed by atoms with E-state index in [0.717, 1.165) is 28.3 Å². The Morgan fingerprint density at radius 1 is 1.39 bits per heavy atom. The van der Waals surface area contributed by atoms with Gasteiger partial charge in [0.05, 0.1) is 5.52 Å². The van der Waals surface area contributed by atoms with Crippen molar-refractivity contribution in [3.63, 3.8) is 0 Å². The molecule has 0 saturated heterocycles. The summed E-state index contributed by atoms with van der Waals surface area (Å²) in [6.07, 6.45) is 5.57. The second-order valence-electron chi connectivity index (χ2n) is 5.22. The summed E-state index contributed by atoms with van der Waals surface area (Å²) in [4.78, 5) is 8.59. The topological polar surface area (TPSA) is 63.8 Å². The molecule has 4 nitrogen and oxygen atoms in total. The molecule has 1 aliphatic rings. The van der Waals surface area contributed by atoms with E-state index >= 15 is 0 Å². The van der Waals surface area contributed by atoms with E-state index in [-0.39, 0.29) is 0 Å². The molecule has 0 radical (unpaired) electrons. The Labute approximate surface area is 107 Å². The first-order valence-electron chi connectivity index (χ1n) is 6.49. The van der Waals surface area contributed by atoms with E-state index in [2.05, 4.69) is 22.2 Å². The molecular weight excluding hydrogens is 224 g/mol. The average Bonchev–Trinajstić information content (AvgIpc) is 3.14. The Morgan fingerprint density at radius 2 is 2.22 bits per heavy atom. The summed E-state index contributed by atoms with van der Waals surface area (Å²) in [6.45, 7) is 2.21. The fourth-order valence-electron chi connectivity index (χ4n) is 2.34. The van der Waals surface area contributed by atoms with Crippen molar-refractivity contribution in [1.82, 2.24) is 9.97 Å². The molecule has 1 fully saturated rings. The molecule has 2 aromatic rings. The van der Waals surface area contributed by atoms with Crippen LogP contribution in [0.1, 0.15) is 26.2 Å². The first-order chi connectivity index (χ1) is 8.72. The zero-order valence-corrected chi connectivity index (χ0v) is 10.6. The highest BCUT2D eigenvalue weighted by Gasteiger charge is 2.23. The Hall–Kier alpha value is -1.84. The Balaban J connectivity index is 1.87. The van der Waals surface area contributed by atoms with Crippen molar-refractivity contribution in [2.75, 3.05) is 11.1 Å². The average molecular weight is 242 g/mol. The molecule has 0 spiro atoms. The summed E-state index contributed by atoms with van der Waals surface area (Å²) in [7, 11) is 0. The maximum atomic E-state index is 5.83. The maximum absolute atomic E-state index is 5.83. The van der Waals surface area contributed by atoms with Crippen LogP contribution in [-0.2, 0) is 0 Å². The van der Waals surface area contributed by atoms with Crippen LogP contribution in [0, 0.1) is 5.92 Å². The maximum Gasteiger partial charge on any atom is 0.137 e. The van der Waals surface area contributed by atoms with Gasteiger partial charge in [-0.05, 0) is 37.5 Å². The van der Waals surface area contributed by atoms with Gasteiger partial charge in [0.1, 0.15) is 12.1 Å². The highest BCUT2D eigenvalue weighted by atomic mass is 15.0. The minimum atomic E-state index is 0.442. The molecule has 0 bridgehead atoms. The summed E-state index contributed by atoms with van der Waals surface area (Å²) in [5.41, 5.74) is 7.51. The van der Waals surface area contributed by atoms with Gasteiger partial charge in [-0.3, -0.25) is 0 Å². The number of aromatic nitrogens is 2. The van der Waals surface area contributed by atoms with Crippen molar-refractivity contribution in [3.05, 3.63) is 24.5 Å². The number of nitrogen functional groups attached to an aromatic ring is 1. The first-order valence-corrected chi connectivity index (χ1v) is 6.49. The second-order valence-corrected chi connectivity index (χ2v) is 5.22. The normalized spacial score (nSPS) is 16.7. The number of hydrogen-bond acceptors (Lipinski definition) is 4. The lowest BCUT2D eigenvalue weighted by atomic mass is 10.1. The largest absolute Gasteiger partial charge is 0.399 e. The molecule has 94 valence electrons. The summed E-state index contributed by atoms with van der Waals surface area (Å²) >= 11 is 0. The smallest absolute Gasteiger partial charge is 0.137 e. The number of hydrogen-bond donors (Lipinski definition) is 2. The SMILES string of the molecule is CC(CC1CC1)Nc1ncnc2ccc(N)cc12. The van der Waals surface area contributed by atoms with Crippen molar-refractivity contribution in [2.24, 2.45) is 5.92 Å². The monoisotopic (exact) mass is 242 g/mol. The van der Waals surface area contributed by atoms with Crippen molar-refractivity contribution < 1.29 is 0 Å². The Kier molecular flexibility index (Phi) is 2.78. The third-order valence-electron chi connectivity index (χ3n) is 3.43. The lowest BCUT2D eigenvalue weighted by molar-refractivity contribution is 0.640. The summed E-state index contributed by atoms with van der Waals surface area (Å²) in [5, 5.41) is 4.48. The fourth-order valence-corrected chi connectivity index (χ4v) is 2.34. The number of benzene rings is 1. The third kappa shape index (κ3) is 2.37. The quantitative estimate of drug-likeness (QED) is 0.809. The zero-order chi connectivity index (χ0) is 12.5. The predicted molar refractivity (Wildman–Crippen MR) is 74.4 cm³/mol. The standard InChI is InChI=1S/C14H18N4/c1-9(6-10-2-3-10)18-14-12-7-11(15)4-5-13(12)16-8-17-14/h4-5,7-10H,2-3,6,15H2,1H3,(H,16,17,18). The number of fused-ring (bicyclic) bond motifs is 1. The first kappa shape index (κ1) is 11.3. The molecule has 1 aliphatic carbocycles. The van der Waals surface area contributed by atoms with E-state index in [1.54, 1.807) is 6.33 Å². The lowest BCUT2D eigenvalue weighted by Gasteiger charge is -2.15. The molecule has 18 heavy (non-hydrogen) atoms. The van der Waals surface area contributed by atoms with Crippen LogP contribution in [-0.4, -0.2) is 16.0 Å². The van der Waals surface area contributed by atoms with Crippen LogP contribution in [0.15, 0.2) is 24.5 Å². The van der Waals surface area contributed by atoms with Gasteiger partial charge in [0.2, 0.25) is 0 Å². The van der Waals surface area contributed by atoms with Gasteiger partial charge >= 0.3 is 0 Å². The van der Waals surface area contributed by atoms with E-state index in [1.165, 1.54) is 19.3 Å². The van der Waals surface area contributed by atoms with E-state index < -0.39 is 0 Å². The second kappa shape index (κ2) is 4.44. The van der Waals surface area contributed by atoms with E-state index in [4.69, 9.17) is 5.73 Å². The van der Waals surface area contributed by atoms with Crippen molar-refractivity contribution >= 4 is 22.4 Å². The van der Waals surface area contributed by atoms with Crippen molar-refractivity contribution in [1.29, 1.82) is 0 Å². The number of rotatable bonds is 4. The molecule has 3 rings (SSSR count). The molecular formula is C14H18N4. The zero-order valence-electron chi connectivity index (χ0n) is 10.6. The highest BCUT2D eigenvalue weighted by molar-refractivity contribution is 5.91. The van der Waals surface area contributed by atoms with E-state index in [1.807, 2.05) is 18.2 Å². The van der Waals surface area contributed by atoms with Gasteiger partial charge < -0.3 is 11.1 Å². The van der Waals surface area contributed by atoms with Gasteiger partial charge in [0.15, 0.2) is 0 Å². The Morgan fingerprint density at radius 3 is 3.00 bits per heavy atom. The number of nitrogens with two attached hydrogens (primary N) is 1. The minimum Gasteiger partial charge on any atom is -0.399 e. The van der Waals surface area contributed by atoms with Gasteiger partial charge in [-0.15, -0.1) is 0 Å². The molecule has 4 heteroatoms. The molecule has 0 aliphatic heterocycles. The minimum absolute atomic E-state index is 0.442. The van der Waals surface area contributed by atoms with Crippen LogP contribution in [0.5, 0.6) is 0 Å². The van der Waals surface area contributed by atoms with Gasteiger partial charge in [-0.1, -0.05) is 12.8 Å². The van der Waals surface area contributed by atoms with E-state index in [9.17, 15) is 0 Å². The molecule has 3 N–H and O–H groups in total. The lowest BCUT2D eigenvalue weighted by Crippen LogP contribution is -2.17. The third-order valence-corrected chi connectivity index (χ3v) is 3.43. The van der Waals surface area contributed by atoms with E-state index in [0.29, 0.717) is 6.04 Å². The van der Waals surface area contributed by atoms with Crippen LogP contribution in [0.4, 0.5) is 11.5 Å². The fraction of sp³-hybridized carbons (Fsp3) is 0.429. The number of nitrogens with zero attached hydrogens (tertiary/aromatic N) is 2. The molecule has 1 atom stereocenters. The summed E-state index contributed by atoms with van der Waals surface area (Å²) in [6, 6.07) is 6.18. The van der Waals surface area contributed by atoms with Gasteiger partial charge in [-0.2, -0.15) is 0 Å². The van der Waals surface area contributed by atoms with Gasteiger partial charge in [-0.25, -0.2) is 9.97 Å². The van der Waals surface area contributed by atoms with Crippen molar-refractivity contribution in [3.8, 4) is 0 Å². The van der Waals surface area contributed by atoms with Crippen LogP contribution in [0.2, 0.25) is 0 Å². The highest BCUT2D eigenvalue weighted by Crippen LogP contribution is 2.34. The van der Waals surface area contributed by atoms with Gasteiger partial charge in [0, 0.05) is 17.1 Å². The predicted octanol–water partition coefficient (Wildman–Crippen LogP) is 2.81. The molecule has 1 aromatic carbocycles. The summed E-state index contributed by atoms with van der Waals surface area (Å²) in [5.74, 6) is 1.80. The van der Waals surface area contributed by atoms with Gasteiger partial charge in [0.25, 0.3) is 0 Å². The Bertz CT molecular complexity index is 563. The van der Waals surface area contributed by atoms with Crippen LogP contribution < -0.4 is 11.1 Å². The van der Waals surface area contributed by atoms with Crippen LogP contribution >= 0.6 is 0 Å². The molecule has 0 amide bonds.